The lowest BCUT2D eigenvalue weighted by Gasteiger charge is -2.12. The monoisotopic (exact) mass is 252 g/mol. The largest absolute Gasteiger partial charge is 0.445 e. The van der Waals surface area contributed by atoms with Gasteiger partial charge in [-0.25, -0.2) is 4.79 Å². The third-order valence-corrected chi connectivity index (χ3v) is 1.85. The molecule has 0 saturated heterocycles. The van der Waals surface area contributed by atoms with Gasteiger partial charge in [0.1, 0.15) is 6.61 Å². The molecule has 1 aromatic carbocycles. The molecule has 5 N–H and O–H groups in total. The topological polar surface area (TPSA) is 112 Å². The standard InChI is InChI=1S/C11H16N4O3/c1-8(18-15-10(12)13)14-11(16)17-7-9-5-3-2-4-6-9/h2-6,8H,7H2,1H3,(H,14,16)(H4,12,13,15). The predicted molar refractivity (Wildman–Crippen MR) is 66.1 cm³/mol. The van der Waals surface area contributed by atoms with Crippen molar-refractivity contribution in [3.05, 3.63) is 35.9 Å². The summed E-state index contributed by atoms with van der Waals surface area (Å²) >= 11 is 0. The number of rotatable bonds is 5. The molecule has 0 aromatic heterocycles. The van der Waals surface area contributed by atoms with Crippen LogP contribution in [-0.2, 0) is 16.2 Å². The number of carbonyl (C=O) groups excluding carboxylic acids is 1. The van der Waals surface area contributed by atoms with Crippen LogP contribution in [0.1, 0.15) is 12.5 Å². The highest BCUT2D eigenvalue weighted by molar-refractivity contribution is 5.75. The van der Waals surface area contributed by atoms with Gasteiger partial charge in [0.05, 0.1) is 0 Å². The fraction of sp³-hybridized carbons (Fsp3) is 0.273. The molecule has 0 aliphatic heterocycles. The van der Waals surface area contributed by atoms with Crippen molar-refractivity contribution in [2.24, 2.45) is 16.6 Å². The first-order valence-corrected chi connectivity index (χ1v) is 5.30. The fourth-order valence-electron chi connectivity index (χ4n) is 1.10. The summed E-state index contributed by atoms with van der Waals surface area (Å²) in [5.74, 6) is -0.221. The molecule has 0 bridgehead atoms. The number of nitrogens with zero attached hydrogens (tertiary/aromatic N) is 1. The molecule has 7 nitrogen and oxygen atoms in total. The van der Waals surface area contributed by atoms with Crippen molar-refractivity contribution in [1.82, 2.24) is 5.32 Å². The second-order valence-electron chi connectivity index (χ2n) is 3.47. The number of hydrogen-bond donors (Lipinski definition) is 3. The van der Waals surface area contributed by atoms with E-state index in [0.29, 0.717) is 0 Å². The lowest BCUT2D eigenvalue weighted by Crippen LogP contribution is -2.35. The highest BCUT2D eigenvalue weighted by Gasteiger charge is 2.08. The second kappa shape index (κ2) is 7.00. The normalized spacial score (nSPS) is 11.2. The van der Waals surface area contributed by atoms with Gasteiger partial charge in [-0.15, -0.1) is 0 Å². The van der Waals surface area contributed by atoms with Gasteiger partial charge in [-0.1, -0.05) is 30.3 Å². The van der Waals surface area contributed by atoms with Crippen molar-refractivity contribution in [2.75, 3.05) is 0 Å². The number of oxime groups is 1. The molecule has 1 rings (SSSR count). The number of alkyl carbamates (subject to hydrolysis) is 1. The summed E-state index contributed by atoms with van der Waals surface area (Å²) in [7, 11) is 0. The first-order chi connectivity index (χ1) is 8.58. The van der Waals surface area contributed by atoms with Gasteiger partial charge in [-0.05, 0) is 17.6 Å². The van der Waals surface area contributed by atoms with Gasteiger partial charge in [-0.3, -0.25) is 5.32 Å². The van der Waals surface area contributed by atoms with Gasteiger partial charge in [0, 0.05) is 0 Å². The lowest BCUT2D eigenvalue weighted by molar-refractivity contribution is 0.0399. The van der Waals surface area contributed by atoms with Crippen molar-refractivity contribution in [3.8, 4) is 0 Å². The highest BCUT2D eigenvalue weighted by atomic mass is 16.7. The number of guanidine groups is 1. The van der Waals surface area contributed by atoms with E-state index in [1.807, 2.05) is 30.3 Å². The second-order valence-corrected chi connectivity index (χ2v) is 3.47. The summed E-state index contributed by atoms with van der Waals surface area (Å²) in [5, 5.41) is 5.70. The molecule has 0 spiro atoms. The summed E-state index contributed by atoms with van der Waals surface area (Å²) in [6.07, 6.45) is -1.30. The van der Waals surface area contributed by atoms with Gasteiger partial charge >= 0.3 is 6.09 Å². The van der Waals surface area contributed by atoms with E-state index in [1.54, 1.807) is 6.92 Å². The van der Waals surface area contributed by atoms with Gasteiger partial charge in [0.15, 0.2) is 6.23 Å². The Morgan fingerprint density at radius 3 is 2.67 bits per heavy atom. The van der Waals surface area contributed by atoms with Crippen molar-refractivity contribution < 1.29 is 14.4 Å². The van der Waals surface area contributed by atoms with Crippen LogP contribution in [0.4, 0.5) is 4.79 Å². The van der Waals surface area contributed by atoms with Crippen LogP contribution in [0.15, 0.2) is 35.5 Å². The Hall–Kier alpha value is -2.44. The molecule has 18 heavy (non-hydrogen) atoms. The molecule has 0 fully saturated rings. The minimum absolute atomic E-state index is 0.182. The number of ether oxygens (including phenoxy) is 1. The SMILES string of the molecule is CC(NC(=O)OCc1ccccc1)ON=C(N)N. The van der Waals surface area contributed by atoms with Gasteiger partial charge in [0.25, 0.3) is 0 Å². The predicted octanol–water partition coefficient (Wildman–Crippen LogP) is 0.464. The van der Waals surface area contributed by atoms with Crippen LogP contribution in [0.5, 0.6) is 0 Å². The van der Waals surface area contributed by atoms with Gasteiger partial charge < -0.3 is 21.0 Å². The van der Waals surface area contributed by atoms with Crippen LogP contribution in [-0.4, -0.2) is 18.3 Å². The lowest BCUT2D eigenvalue weighted by atomic mass is 10.2. The van der Waals surface area contributed by atoms with E-state index in [-0.39, 0.29) is 12.6 Å². The molecule has 1 atom stereocenters. The summed E-state index contributed by atoms with van der Waals surface area (Å²) in [4.78, 5) is 16.1. The third kappa shape index (κ3) is 5.59. The van der Waals surface area contributed by atoms with Gasteiger partial charge in [-0.2, -0.15) is 0 Å². The number of amides is 1. The Morgan fingerprint density at radius 2 is 2.06 bits per heavy atom. The average molecular weight is 252 g/mol. The van der Waals surface area contributed by atoms with E-state index in [9.17, 15) is 4.79 Å². The van der Waals surface area contributed by atoms with Crippen LogP contribution in [0.25, 0.3) is 0 Å². The molecule has 0 radical (unpaired) electrons. The maximum Gasteiger partial charge on any atom is 0.410 e. The summed E-state index contributed by atoms with van der Waals surface area (Å²) < 4.78 is 4.96. The third-order valence-electron chi connectivity index (χ3n) is 1.85. The zero-order valence-electron chi connectivity index (χ0n) is 10.00. The Labute approximate surface area is 105 Å². The molecule has 1 amide bonds. The van der Waals surface area contributed by atoms with Gasteiger partial charge in [0.2, 0.25) is 5.96 Å². The van der Waals surface area contributed by atoms with Crippen LogP contribution < -0.4 is 16.8 Å². The number of carbonyl (C=O) groups is 1. The first-order valence-electron chi connectivity index (χ1n) is 5.30. The number of hydrogen-bond acceptors (Lipinski definition) is 4. The summed E-state index contributed by atoms with van der Waals surface area (Å²) in [5.41, 5.74) is 11.0. The van der Waals surface area contributed by atoms with E-state index < -0.39 is 12.3 Å². The number of benzene rings is 1. The number of nitrogens with two attached hydrogens (primary N) is 2. The van der Waals surface area contributed by atoms with Crippen molar-refractivity contribution >= 4 is 12.1 Å². The summed E-state index contributed by atoms with van der Waals surface area (Å²) in [6, 6.07) is 9.32. The molecule has 0 heterocycles. The molecule has 7 heteroatoms. The molecular formula is C11H16N4O3. The van der Waals surface area contributed by atoms with E-state index in [0.717, 1.165) is 5.56 Å². The zero-order chi connectivity index (χ0) is 13.4. The molecule has 0 aliphatic rings. The van der Waals surface area contributed by atoms with Crippen molar-refractivity contribution in [2.45, 2.75) is 19.8 Å². The van der Waals surface area contributed by atoms with Crippen molar-refractivity contribution in [3.63, 3.8) is 0 Å². The average Bonchev–Trinajstić information content (AvgIpc) is 2.35. The fourth-order valence-corrected chi connectivity index (χ4v) is 1.10. The minimum atomic E-state index is -0.685. The maximum absolute atomic E-state index is 11.3. The Bertz CT molecular complexity index is 404. The molecule has 98 valence electrons. The van der Waals surface area contributed by atoms with Crippen LogP contribution >= 0.6 is 0 Å². The van der Waals surface area contributed by atoms with E-state index in [1.165, 1.54) is 0 Å². The van der Waals surface area contributed by atoms with E-state index in [4.69, 9.17) is 21.0 Å². The first kappa shape index (κ1) is 13.6. The smallest absolute Gasteiger partial charge is 0.410 e. The van der Waals surface area contributed by atoms with Crippen LogP contribution in [0.3, 0.4) is 0 Å². The molecule has 0 saturated carbocycles. The zero-order valence-corrected chi connectivity index (χ0v) is 10.00. The molecule has 0 aliphatic carbocycles. The van der Waals surface area contributed by atoms with Crippen LogP contribution in [0, 0.1) is 0 Å². The van der Waals surface area contributed by atoms with E-state index in [2.05, 4.69) is 10.5 Å². The molecule has 1 unspecified atom stereocenters. The Balaban J connectivity index is 2.27. The highest BCUT2D eigenvalue weighted by Crippen LogP contribution is 2.00. The van der Waals surface area contributed by atoms with Crippen molar-refractivity contribution in [1.29, 1.82) is 0 Å². The molecule has 1 aromatic rings. The van der Waals surface area contributed by atoms with Crippen LogP contribution in [0.2, 0.25) is 0 Å². The maximum atomic E-state index is 11.3. The quantitative estimate of drug-likeness (QED) is 0.305. The van der Waals surface area contributed by atoms with E-state index >= 15 is 0 Å². The summed E-state index contributed by atoms with van der Waals surface area (Å²) in [6.45, 7) is 1.75. The minimum Gasteiger partial charge on any atom is -0.445 e. The Kier molecular flexibility index (Phi) is 5.30. The number of nitrogens with one attached hydrogen (secondary N) is 1. The Morgan fingerprint density at radius 1 is 1.39 bits per heavy atom. The molecular weight excluding hydrogens is 236 g/mol.